The molecule has 7 nitrogen and oxygen atoms in total. The number of hydrogen-bond acceptors (Lipinski definition) is 5. The van der Waals surface area contributed by atoms with Gasteiger partial charge in [-0.25, -0.2) is 4.68 Å². The van der Waals surface area contributed by atoms with Crippen molar-refractivity contribution in [2.75, 3.05) is 13.2 Å². The van der Waals surface area contributed by atoms with Gasteiger partial charge in [-0.3, -0.25) is 9.59 Å². The first-order valence-electron chi connectivity index (χ1n) is 9.78. The normalized spacial score (nSPS) is 14.0. The number of hydrogen-bond donors (Lipinski definition) is 1. The van der Waals surface area contributed by atoms with Crippen LogP contribution in [-0.4, -0.2) is 28.9 Å². The predicted molar refractivity (Wildman–Crippen MR) is 106 cm³/mol. The van der Waals surface area contributed by atoms with E-state index in [0.29, 0.717) is 31.3 Å². The second-order valence-electron chi connectivity index (χ2n) is 7.23. The van der Waals surface area contributed by atoms with Crippen molar-refractivity contribution in [1.29, 1.82) is 0 Å². The van der Waals surface area contributed by atoms with E-state index in [1.807, 2.05) is 39.0 Å². The highest BCUT2D eigenvalue weighted by atomic mass is 16.6. The molecule has 2 heterocycles. The molecule has 7 heteroatoms. The third-order valence-corrected chi connectivity index (χ3v) is 4.70. The monoisotopic (exact) mass is 385 g/mol. The fraction of sp³-hybridized carbons (Fsp3) is 0.476. The molecule has 28 heavy (non-hydrogen) atoms. The molecule has 0 aliphatic carbocycles. The standard InChI is InChI=1S/C21H27N3O4/c1-4-5-10-24-19(25)9-7-16(23-24)21(26)22-20(14(2)3)15-6-8-17-18(13-15)28-12-11-27-17/h6-9,13-14,20H,4-5,10-12H2,1-3H3,(H,22,26). The van der Waals surface area contributed by atoms with E-state index in [1.165, 1.54) is 16.8 Å². The average molecular weight is 385 g/mol. The Morgan fingerprint density at radius 3 is 2.64 bits per heavy atom. The zero-order valence-corrected chi connectivity index (χ0v) is 16.6. The van der Waals surface area contributed by atoms with Gasteiger partial charge in [0.05, 0.1) is 6.04 Å². The highest BCUT2D eigenvalue weighted by Crippen LogP contribution is 2.34. The Kier molecular flexibility index (Phi) is 6.34. The molecule has 1 aliphatic rings. The molecule has 0 radical (unpaired) electrons. The lowest BCUT2D eigenvalue weighted by molar-refractivity contribution is 0.0917. The molecule has 0 spiro atoms. The van der Waals surface area contributed by atoms with Crippen molar-refractivity contribution in [3.05, 3.63) is 51.9 Å². The third kappa shape index (κ3) is 4.52. The Labute approximate surface area is 164 Å². The zero-order chi connectivity index (χ0) is 20.1. The lowest BCUT2D eigenvalue weighted by atomic mass is 9.95. The second kappa shape index (κ2) is 8.91. The summed E-state index contributed by atoms with van der Waals surface area (Å²) >= 11 is 0. The molecule has 1 amide bonds. The molecule has 0 fully saturated rings. The first-order chi connectivity index (χ1) is 13.5. The Balaban J connectivity index is 1.81. The fourth-order valence-electron chi connectivity index (χ4n) is 3.14. The van der Waals surface area contributed by atoms with Crippen LogP contribution in [0.5, 0.6) is 11.5 Å². The summed E-state index contributed by atoms with van der Waals surface area (Å²) in [4.78, 5) is 24.7. The molecule has 1 aromatic carbocycles. The van der Waals surface area contributed by atoms with Crippen molar-refractivity contribution >= 4 is 5.91 Å². The number of carbonyl (C=O) groups excluding carboxylic acids is 1. The van der Waals surface area contributed by atoms with Crippen LogP contribution in [-0.2, 0) is 6.54 Å². The van der Waals surface area contributed by atoms with Gasteiger partial charge in [0.25, 0.3) is 11.5 Å². The molecule has 1 aliphatic heterocycles. The van der Waals surface area contributed by atoms with Gasteiger partial charge in [0.2, 0.25) is 0 Å². The van der Waals surface area contributed by atoms with Gasteiger partial charge in [-0.05, 0) is 36.1 Å². The number of nitrogens with one attached hydrogen (secondary N) is 1. The maximum Gasteiger partial charge on any atom is 0.272 e. The zero-order valence-electron chi connectivity index (χ0n) is 16.6. The summed E-state index contributed by atoms with van der Waals surface area (Å²) in [7, 11) is 0. The number of carbonyl (C=O) groups is 1. The molecule has 1 aromatic heterocycles. The van der Waals surface area contributed by atoms with Gasteiger partial charge in [-0.2, -0.15) is 5.10 Å². The molecule has 1 unspecified atom stereocenters. The largest absolute Gasteiger partial charge is 0.486 e. The lowest BCUT2D eigenvalue weighted by Crippen LogP contribution is -2.34. The van der Waals surface area contributed by atoms with Crippen LogP contribution in [0.1, 0.15) is 55.7 Å². The van der Waals surface area contributed by atoms with E-state index in [0.717, 1.165) is 18.4 Å². The minimum absolute atomic E-state index is 0.150. The Morgan fingerprint density at radius 2 is 1.93 bits per heavy atom. The van der Waals surface area contributed by atoms with Crippen LogP contribution in [0.25, 0.3) is 0 Å². The van der Waals surface area contributed by atoms with Crippen molar-refractivity contribution in [2.45, 2.75) is 46.2 Å². The van der Waals surface area contributed by atoms with E-state index < -0.39 is 0 Å². The quantitative estimate of drug-likeness (QED) is 0.792. The molecule has 2 aromatic rings. The Morgan fingerprint density at radius 1 is 1.18 bits per heavy atom. The predicted octanol–water partition coefficient (Wildman–Crippen LogP) is 2.94. The number of nitrogens with zero attached hydrogens (tertiary/aromatic N) is 2. The van der Waals surface area contributed by atoms with Crippen molar-refractivity contribution in [1.82, 2.24) is 15.1 Å². The van der Waals surface area contributed by atoms with E-state index in [1.54, 1.807) is 0 Å². The Hall–Kier alpha value is -2.83. The highest BCUT2D eigenvalue weighted by Gasteiger charge is 2.23. The first-order valence-corrected chi connectivity index (χ1v) is 9.78. The van der Waals surface area contributed by atoms with Gasteiger partial charge >= 0.3 is 0 Å². The van der Waals surface area contributed by atoms with E-state index >= 15 is 0 Å². The number of benzene rings is 1. The van der Waals surface area contributed by atoms with Gasteiger partial charge < -0.3 is 14.8 Å². The smallest absolute Gasteiger partial charge is 0.272 e. The maximum absolute atomic E-state index is 12.8. The summed E-state index contributed by atoms with van der Waals surface area (Å²) in [5.41, 5.74) is 0.975. The van der Waals surface area contributed by atoms with Crippen molar-refractivity contribution < 1.29 is 14.3 Å². The number of aryl methyl sites for hydroxylation is 1. The van der Waals surface area contributed by atoms with E-state index in [9.17, 15) is 9.59 Å². The molecule has 3 rings (SSSR count). The number of aromatic nitrogens is 2. The second-order valence-corrected chi connectivity index (χ2v) is 7.23. The van der Waals surface area contributed by atoms with Crippen molar-refractivity contribution in [3.63, 3.8) is 0 Å². The minimum Gasteiger partial charge on any atom is -0.486 e. The number of unbranched alkanes of at least 4 members (excludes halogenated alkanes) is 1. The summed E-state index contributed by atoms with van der Waals surface area (Å²) in [6.07, 6.45) is 1.79. The molecular formula is C21H27N3O4. The van der Waals surface area contributed by atoms with Gasteiger partial charge in [0.1, 0.15) is 18.9 Å². The van der Waals surface area contributed by atoms with Crippen LogP contribution in [0.3, 0.4) is 0 Å². The van der Waals surface area contributed by atoms with Crippen LogP contribution in [0.4, 0.5) is 0 Å². The molecule has 0 saturated carbocycles. The van der Waals surface area contributed by atoms with Gasteiger partial charge in [0.15, 0.2) is 11.5 Å². The average Bonchev–Trinajstić information content (AvgIpc) is 2.70. The summed E-state index contributed by atoms with van der Waals surface area (Å²) < 4.78 is 12.6. The van der Waals surface area contributed by atoms with Crippen LogP contribution in [0.2, 0.25) is 0 Å². The Bertz CT molecular complexity index is 891. The summed E-state index contributed by atoms with van der Waals surface area (Å²) in [6.45, 7) is 7.68. The molecule has 1 N–H and O–H groups in total. The lowest BCUT2D eigenvalue weighted by Gasteiger charge is -2.25. The van der Waals surface area contributed by atoms with Gasteiger partial charge in [0, 0.05) is 12.6 Å². The number of rotatable bonds is 7. The van der Waals surface area contributed by atoms with Crippen LogP contribution in [0.15, 0.2) is 35.1 Å². The molecule has 0 saturated heterocycles. The molecule has 150 valence electrons. The fourth-order valence-corrected chi connectivity index (χ4v) is 3.14. The topological polar surface area (TPSA) is 82.5 Å². The SMILES string of the molecule is CCCCn1nc(C(=O)NC(c2ccc3c(c2)OCCO3)C(C)C)ccc1=O. The molecule has 0 bridgehead atoms. The first kappa shape index (κ1) is 19.9. The van der Waals surface area contributed by atoms with E-state index in [2.05, 4.69) is 10.4 Å². The number of amides is 1. The molecule has 1 atom stereocenters. The van der Waals surface area contributed by atoms with Crippen LogP contribution in [0, 0.1) is 5.92 Å². The van der Waals surface area contributed by atoms with Gasteiger partial charge in [-0.1, -0.05) is 33.3 Å². The van der Waals surface area contributed by atoms with Crippen molar-refractivity contribution in [2.24, 2.45) is 5.92 Å². The summed E-state index contributed by atoms with van der Waals surface area (Å²) in [5.74, 6) is 1.25. The van der Waals surface area contributed by atoms with E-state index in [-0.39, 0.29) is 29.1 Å². The van der Waals surface area contributed by atoms with E-state index in [4.69, 9.17) is 9.47 Å². The maximum atomic E-state index is 12.8. The van der Waals surface area contributed by atoms with Crippen molar-refractivity contribution in [3.8, 4) is 11.5 Å². The molecular weight excluding hydrogens is 358 g/mol. The number of fused-ring (bicyclic) bond motifs is 1. The summed E-state index contributed by atoms with van der Waals surface area (Å²) in [5, 5.41) is 7.28. The summed E-state index contributed by atoms with van der Waals surface area (Å²) in [6, 6.07) is 8.37. The van der Waals surface area contributed by atoms with Crippen LogP contribution >= 0.6 is 0 Å². The minimum atomic E-state index is -0.307. The number of ether oxygens (including phenoxy) is 2. The van der Waals surface area contributed by atoms with Gasteiger partial charge in [-0.15, -0.1) is 0 Å². The highest BCUT2D eigenvalue weighted by molar-refractivity contribution is 5.92. The third-order valence-electron chi connectivity index (χ3n) is 4.70. The van der Waals surface area contributed by atoms with Crippen LogP contribution < -0.4 is 20.3 Å².